The van der Waals surface area contributed by atoms with Crippen molar-refractivity contribution in [2.75, 3.05) is 12.4 Å². The third kappa shape index (κ3) is 3.19. The number of methoxy groups -OCH3 is 1. The average molecular weight is 290 g/mol. The summed E-state index contributed by atoms with van der Waals surface area (Å²) < 4.78 is 10.4. The van der Waals surface area contributed by atoms with Crippen LogP contribution in [0.2, 0.25) is 0 Å². The smallest absolute Gasteiger partial charge is 0.291 e. The lowest BCUT2D eigenvalue weighted by Gasteiger charge is -2.08. The van der Waals surface area contributed by atoms with Gasteiger partial charge in [0, 0.05) is 18.6 Å². The predicted molar refractivity (Wildman–Crippen MR) is 75.7 cm³/mol. The SMILES string of the molecule is CCc1ccc(C(=O)Nc2cc([N+](=O)[O-])ccc2OC)o1. The van der Waals surface area contributed by atoms with E-state index < -0.39 is 10.8 Å². The number of carbonyl (C=O) groups excluding carboxylic acids is 1. The van der Waals surface area contributed by atoms with Gasteiger partial charge in [0.05, 0.1) is 17.7 Å². The lowest BCUT2D eigenvalue weighted by molar-refractivity contribution is -0.384. The molecule has 7 nitrogen and oxygen atoms in total. The molecule has 0 aliphatic heterocycles. The molecule has 7 heteroatoms. The topological polar surface area (TPSA) is 94.6 Å². The maximum atomic E-state index is 12.1. The van der Waals surface area contributed by atoms with Crippen LogP contribution in [-0.2, 0) is 6.42 Å². The highest BCUT2D eigenvalue weighted by atomic mass is 16.6. The van der Waals surface area contributed by atoms with Crippen LogP contribution in [0, 0.1) is 10.1 Å². The van der Waals surface area contributed by atoms with Crippen molar-refractivity contribution in [3.05, 3.63) is 52.0 Å². The number of ether oxygens (including phenoxy) is 1. The van der Waals surface area contributed by atoms with Crippen molar-refractivity contribution in [1.29, 1.82) is 0 Å². The molecule has 110 valence electrons. The highest BCUT2D eigenvalue weighted by Gasteiger charge is 2.16. The second-order valence-corrected chi connectivity index (χ2v) is 4.22. The van der Waals surface area contributed by atoms with Gasteiger partial charge in [-0.05, 0) is 18.2 Å². The van der Waals surface area contributed by atoms with Crippen molar-refractivity contribution in [3.63, 3.8) is 0 Å². The molecular formula is C14H14N2O5. The Morgan fingerprint density at radius 2 is 2.14 bits per heavy atom. The Kier molecular flexibility index (Phi) is 4.22. The minimum absolute atomic E-state index is 0.139. The first-order valence-electron chi connectivity index (χ1n) is 6.27. The number of furan rings is 1. The van der Waals surface area contributed by atoms with Crippen molar-refractivity contribution < 1.29 is 18.9 Å². The number of hydrogen-bond donors (Lipinski definition) is 1. The second-order valence-electron chi connectivity index (χ2n) is 4.22. The molecule has 1 aromatic heterocycles. The van der Waals surface area contributed by atoms with Crippen LogP contribution in [0.1, 0.15) is 23.2 Å². The average Bonchev–Trinajstić information content (AvgIpc) is 2.96. The van der Waals surface area contributed by atoms with E-state index >= 15 is 0 Å². The summed E-state index contributed by atoms with van der Waals surface area (Å²) >= 11 is 0. The molecule has 1 aromatic carbocycles. The number of nitrogens with one attached hydrogen (secondary N) is 1. The van der Waals surface area contributed by atoms with Gasteiger partial charge < -0.3 is 14.5 Å². The summed E-state index contributed by atoms with van der Waals surface area (Å²) in [6.45, 7) is 1.91. The van der Waals surface area contributed by atoms with E-state index in [-0.39, 0.29) is 17.1 Å². The molecule has 0 atom stereocenters. The fourth-order valence-electron chi connectivity index (χ4n) is 1.78. The Morgan fingerprint density at radius 3 is 2.71 bits per heavy atom. The van der Waals surface area contributed by atoms with E-state index in [0.717, 1.165) is 0 Å². The summed E-state index contributed by atoms with van der Waals surface area (Å²) in [6.07, 6.45) is 0.674. The summed E-state index contributed by atoms with van der Waals surface area (Å²) in [5.74, 6) is 0.663. The Hall–Kier alpha value is -2.83. The van der Waals surface area contributed by atoms with Gasteiger partial charge in [0.2, 0.25) is 0 Å². The first-order chi connectivity index (χ1) is 10.0. The van der Waals surface area contributed by atoms with Gasteiger partial charge in [0.15, 0.2) is 5.76 Å². The molecule has 0 saturated carbocycles. The van der Waals surface area contributed by atoms with Crippen molar-refractivity contribution in [1.82, 2.24) is 0 Å². The van der Waals surface area contributed by atoms with E-state index in [1.54, 1.807) is 12.1 Å². The number of amides is 1. The van der Waals surface area contributed by atoms with Crippen LogP contribution in [0.15, 0.2) is 34.7 Å². The molecular weight excluding hydrogens is 276 g/mol. The van der Waals surface area contributed by atoms with E-state index in [2.05, 4.69) is 5.32 Å². The molecule has 1 heterocycles. The molecule has 0 saturated heterocycles. The molecule has 0 unspecified atom stereocenters. The molecule has 0 aliphatic carbocycles. The zero-order chi connectivity index (χ0) is 15.4. The summed E-state index contributed by atoms with van der Waals surface area (Å²) in [6, 6.07) is 7.22. The summed E-state index contributed by atoms with van der Waals surface area (Å²) in [7, 11) is 1.42. The van der Waals surface area contributed by atoms with Crippen molar-refractivity contribution in [2.24, 2.45) is 0 Å². The van der Waals surface area contributed by atoms with Crippen molar-refractivity contribution in [3.8, 4) is 5.75 Å². The molecule has 0 radical (unpaired) electrons. The third-order valence-electron chi connectivity index (χ3n) is 2.88. The monoisotopic (exact) mass is 290 g/mol. The highest BCUT2D eigenvalue weighted by molar-refractivity contribution is 6.03. The quantitative estimate of drug-likeness (QED) is 0.674. The highest BCUT2D eigenvalue weighted by Crippen LogP contribution is 2.29. The maximum absolute atomic E-state index is 12.1. The van der Waals surface area contributed by atoms with Crippen LogP contribution in [-0.4, -0.2) is 17.9 Å². The molecule has 1 amide bonds. The van der Waals surface area contributed by atoms with E-state index in [0.29, 0.717) is 17.9 Å². The number of non-ortho nitro benzene ring substituents is 1. The van der Waals surface area contributed by atoms with Gasteiger partial charge in [0.1, 0.15) is 11.5 Å². The Labute approximate surface area is 120 Å². The van der Waals surface area contributed by atoms with Gasteiger partial charge in [-0.3, -0.25) is 14.9 Å². The molecule has 0 spiro atoms. The molecule has 0 fully saturated rings. The van der Waals surface area contributed by atoms with Gasteiger partial charge in [-0.1, -0.05) is 6.92 Å². The molecule has 0 bridgehead atoms. The summed E-state index contributed by atoms with van der Waals surface area (Å²) in [4.78, 5) is 22.3. The first-order valence-corrected chi connectivity index (χ1v) is 6.27. The zero-order valence-electron chi connectivity index (χ0n) is 11.6. The van der Waals surface area contributed by atoms with Gasteiger partial charge in [-0.15, -0.1) is 0 Å². The normalized spacial score (nSPS) is 10.2. The number of anilines is 1. The fourth-order valence-corrected chi connectivity index (χ4v) is 1.78. The first kappa shape index (κ1) is 14.6. The Morgan fingerprint density at radius 1 is 1.38 bits per heavy atom. The number of benzene rings is 1. The van der Waals surface area contributed by atoms with Crippen LogP contribution >= 0.6 is 0 Å². The van der Waals surface area contributed by atoms with E-state index in [1.165, 1.54) is 25.3 Å². The Balaban J connectivity index is 2.26. The van der Waals surface area contributed by atoms with Gasteiger partial charge in [-0.2, -0.15) is 0 Å². The van der Waals surface area contributed by atoms with Crippen LogP contribution in [0.25, 0.3) is 0 Å². The second kappa shape index (κ2) is 6.08. The number of hydrogen-bond acceptors (Lipinski definition) is 5. The maximum Gasteiger partial charge on any atom is 0.291 e. The van der Waals surface area contributed by atoms with E-state index in [1.807, 2.05) is 6.92 Å². The van der Waals surface area contributed by atoms with Crippen LogP contribution in [0.3, 0.4) is 0 Å². The van der Waals surface area contributed by atoms with E-state index in [9.17, 15) is 14.9 Å². The van der Waals surface area contributed by atoms with E-state index in [4.69, 9.17) is 9.15 Å². The van der Waals surface area contributed by atoms with Gasteiger partial charge in [0.25, 0.3) is 11.6 Å². The standard InChI is InChI=1S/C14H14N2O5/c1-3-10-5-7-13(21-10)14(17)15-11-8-9(16(18)19)4-6-12(11)20-2/h4-8H,3H2,1-2H3,(H,15,17). The number of nitro benzene ring substituents is 1. The Bertz CT molecular complexity index is 678. The molecule has 21 heavy (non-hydrogen) atoms. The van der Waals surface area contributed by atoms with Crippen molar-refractivity contribution >= 4 is 17.3 Å². The third-order valence-corrected chi connectivity index (χ3v) is 2.88. The lowest BCUT2D eigenvalue weighted by Crippen LogP contribution is -2.12. The minimum atomic E-state index is -0.544. The van der Waals surface area contributed by atoms with Gasteiger partial charge >= 0.3 is 0 Å². The minimum Gasteiger partial charge on any atom is -0.495 e. The number of nitro groups is 1. The molecule has 2 rings (SSSR count). The largest absolute Gasteiger partial charge is 0.495 e. The predicted octanol–water partition coefficient (Wildman–Crippen LogP) is 3.01. The number of rotatable bonds is 5. The van der Waals surface area contributed by atoms with Crippen LogP contribution < -0.4 is 10.1 Å². The fraction of sp³-hybridized carbons (Fsp3) is 0.214. The van der Waals surface area contributed by atoms with Crippen molar-refractivity contribution in [2.45, 2.75) is 13.3 Å². The van der Waals surface area contributed by atoms with Crippen LogP contribution in [0.4, 0.5) is 11.4 Å². The van der Waals surface area contributed by atoms with Gasteiger partial charge in [-0.25, -0.2) is 0 Å². The number of carbonyl (C=O) groups is 1. The van der Waals surface area contributed by atoms with Crippen LogP contribution in [0.5, 0.6) is 5.75 Å². The molecule has 2 aromatic rings. The zero-order valence-corrected chi connectivity index (χ0v) is 11.6. The summed E-state index contributed by atoms with van der Waals surface area (Å²) in [5.41, 5.74) is 0.0749. The lowest BCUT2D eigenvalue weighted by atomic mass is 10.2. The molecule has 0 aliphatic rings. The number of nitrogens with zero attached hydrogens (tertiary/aromatic N) is 1. The molecule has 1 N–H and O–H groups in total. The summed E-state index contributed by atoms with van der Waals surface area (Å²) in [5, 5.41) is 13.3. The number of aryl methyl sites for hydroxylation is 1.